The maximum Gasteiger partial charge on any atom is 0.119 e. The number of hydrogen-bond donors (Lipinski definition) is 2. The minimum absolute atomic E-state index is 0.209. The zero-order valence-corrected chi connectivity index (χ0v) is 11.6. The molecule has 0 fully saturated rings. The van der Waals surface area contributed by atoms with Crippen LogP contribution in [0.5, 0.6) is 5.75 Å². The van der Waals surface area contributed by atoms with Gasteiger partial charge in [-0.2, -0.15) is 10.4 Å². The summed E-state index contributed by atoms with van der Waals surface area (Å²) in [6.45, 7) is 2.16. The van der Waals surface area contributed by atoms with Crippen LogP contribution >= 0.6 is 0 Å². The molecule has 0 aliphatic carbocycles. The Bertz CT molecular complexity index is 560. The van der Waals surface area contributed by atoms with E-state index in [9.17, 15) is 5.11 Å². The Morgan fingerprint density at radius 3 is 2.86 bits per heavy atom. The number of nitrogens with zero attached hydrogens (tertiary/aromatic N) is 3. The standard InChI is InChI=1S/C15H18N4O2/c16-10-13-2-4-15(5-3-13)21-12-14(20)11-17-7-9-19-8-1-6-18-19/h1-6,8,14,17,20H,7,9,11-12H2. The molecule has 21 heavy (non-hydrogen) atoms. The van der Waals surface area contributed by atoms with Crippen LogP contribution in [0.15, 0.2) is 42.7 Å². The Labute approximate surface area is 123 Å². The minimum atomic E-state index is -0.585. The third-order valence-electron chi connectivity index (χ3n) is 2.88. The van der Waals surface area contributed by atoms with Crippen LogP contribution in [0, 0.1) is 11.3 Å². The summed E-state index contributed by atoms with van der Waals surface area (Å²) in [7, 11) is 0. The normalized spacial score (nSPS) is 11.8. The van der Waals surface area contributed by atoms with Crippen molar-refractivity contribution in [1.82, 2.24) is 15.1 Å². The van der Waals surface area contributed by atoms with Crippen LogP contribution < -0.4 is 10.1 Å². The predicted molar refractivity (Wildman–Crippen MR) is 77.8 cm³/mol. The van der Waals surface area contributed by atoms with E-state index in [1.165, 1.54) is 0 Å². The van der Waals surface area contributed by atoms with Crippen molar-refractivity contribution in [1.29, 1.82) is 5.26 Å². The van der Waals surface area contributed by atoms with Crippen molar-refractivity contribution in [3.63, 3.8) is 0 Å². The Balaban J connectivity index is 1.60. The number of hydrogen-bond acceptors (Lipinski definition) is 5. The predicted octanol–water partition coefficient (Wildman–Crippen LogP) is 0.784. The first-order chi connectivity index (χ1) is 10.3. The van der Waals surface area contributed by atoms with Crippen LogP contribution in [0.3, 0.4) is 0 Å². The molecule has 0 bridgehead atoms. The van der Waals surface area contributed by atoms with E-state index < -0.39 is 6.10 Å². The third-order valence-corrected chi connectivity index (χ3v) is 2.88. The summed E-state index contributed by atoms with van der Waals surface area (Å²) in [4.78, 5) is 0. The zero-order chi connectivity index (χ0) is 14.9. The number of rotatable bonds is 8. The van der Waals surface area contributed by atoms with Crippen molar-refractivity contribution >= 4 is 0 Å². The van der Waals surface area contributed by atoms with Gasteiger partial charge in [0.1, 0.15) is 18.5 Å². The first kappa shape index (κ1) is 15.0. The molecule has 2 N–H and O–H groups in total. The Hall–Kier alpha value is -2.36. The van der Waals surface area contributed by atoms with Gasteiger partial charge < -0.3 is 15.2 Å². The molecule has 1 atom stereocenters. The SMILES string of the molecule is N#Cc1ccc(OCC(O)CNCCn2cccn2)cc1. The highest BCUT2D eigenvalue weighted by atomic mass is 16.5. The highest BCUT2D eigenvalue weighted by Gasteiger charge is 2.05. The van der Waals surface area contributed by atoms with Gasteiger partial charge in [0.05, 0.1) is 18.2 Å². The number of nitriles is 1. The van der Waals surface area contributed by atoms with Crippen LogP contribution in [0.25, 0.3) is 0 Å². The van der Waals surface area contributed by atoms with E-state index in [0.717, 1.165) is 13.1 Å². The molecule has 0 spiro atoms. The van der Waals surface area contributed by atoms with E-state index in [-0.39, 0.29) is 6.61 Å². The van der Waals surface area contributed by atoms with E-state index in [2.05, 4.69) is 10.4 Å². The second-order valence-electron chi connectivity index (χ2n) is 4.57. The molecule has 0 radical (unpaired) electrons. The number of aliphatic hydroxyl groups excluding tert-OH is 1. The van der Waals surface area contributed by atoms with Crippen molar-refractivity contribution in [2.45, 2.75) is 12.6 Å². The third kappa shape index (κ3) is 5.26. The topological polar surface area (TPSA) is 83.1 Å². The molecule has 110 valence electrons. The second-order valence-corrected chi connectivity index (χ2v) is 4.57. The zero-order valence-electron chi connectivity index (χ0n) is 11.6. The van der Waals surface area contributed by atoms with Crippen molar-refractivity contribution in [2.75, 3.05) is 19.7 Å². The van der Waals surface area contributed by atoms with Crippen molar-refractivity contribution in [2.24, 2.45) is 0 Å². The molecule has 6 nitrogen and oxygen atoms in total. The smallest absolute Gasteiger partial charge is 0.119 e. The number of aromatic nitrogens is 2. The van der Waals surface area contributed by atoms with E-state index in [1.54, 1.807) is 30.5 Å². The van der Waals surface area contributed by atoms with Crippen molar-refractivity contribution in [3.05, 3.63) is 48.3 Å². The molecule has 1 unspecified atom stereocenters. The Kier molecular flexibility index (Phi) is 5.76. The maximum absolute atomic E-state index is 9.81. The van der Waals surface area contributed by atoms with Crippen molar-refractivity contribution < 1.29 is 9.84 Å². The van der Waals surface area contributed by atoms with Gasteiger partial charge >= 0.3 is 0 Å². The van der Waals surface area contributed by atoms with Crippen LogP contribution in [-0.4, -0.2) is 40.7 Å². The fraction of sp³-hybridized carbons (Fsp3) is 0.333. The number of nitrogens with one attached hydrogen (secondary N) is 1. The molecule has 1 heterocycles. The molecule has 0 amide bonds. The average Bonchev–Trinajstić information content (AvgIpc) is 3.03. The van der Waals surface area contributed by atoms with E-state index in [4.69, 9.17) is 10.00 Å². The molecule has 1 aromatic carbocycles. The van der Waals surface area contributed by atoms with Gasteiger partial charge in [-0.3, -0.25) is 4.68 Å². The van der Waals surface area contributed by atoms with E-state index in [1.807, 2.05) is 23.0 Å². The van der Waals surface area contributed by atoms with Crippen LogP contribution in [0.2, 0.25) is 0 Å². The van der Waals surface area contributed by atoms with Gasteiger partial charge in [-0.1, -0.05) is 0 Å². The average molecular weight is 286 g/mol. The van der Waals surface area contributed by atoms with Gasteiger partial charge in [0, 0.05) is 25.5 Å². The first-order valence-corrected chi connectivity index (χ1v) is 6.77. The summed E-state index contributed by atoms with van der Waals surface area (Å²) in [5.74, 6) is 0.643. The molecule has 0 saturated heterocycles. The summed E-state index contributed by atoms with van der Waals surface area (Å²) in [5.41, 5.74) is 0.586. The lowest BCUT2D eigenvalue weighted by Crippen LogP contribution is -2.33. The lowest BCUT2D eigenvalue weighted by Gasteiger charge is -2.13. The van der Waals surface area contributed by atoms with Gasteiger partial charge in [0.15, 0.2) is 0 Å². The summed E-state index contributed by atoms with van der Waals surface area (Å²) in [5, 5.41) is 25.7. The molecule has 0 aliphatic heterocycles. The van der Waals surface area contributed by atoms with Gasteiger partial charge in [0.25, 0.3) is 0 Å². The van der Waals surface area contributed by atoms with Crippen molar-refractivity contribution in [3.8, 4) is 11.8 Å². The van der Waals surface area contributed by atoms with Gasteiger partial charge in [0.2, 0.25) is 0 Å². The molecule has 0 aliphatic rings. The summed E-state index contributed by atoms with van der Waals surface area (Å²) < 4.78 is 7.28. The molecule has 6 heteroatoms. The highest BCUT2D eigenvalue weighted by Crippen LogP contribution is 2.11. The Morgan fingerprint density at radius 2 is 2.19 bits per heavy atom. The van der Waals surface area contributed by atoms with Crippen LogP contribution in [0.4, 0.5) is 0 Å². The monoisotopic (exact) mass is 286 g/mol. The summed E-state index contributed by atoms with van der Waals surface area (Å²) in [6.07, 6.45) is 3.05. The van der Waals surface area contributed by atoms with E-state index in [0.29, 0.717) is 17.9 Å². The lowest BCUT2D eigenvalue weighted by molar-refractivity contribution is 0.106. The minimum Gasteiger partial charge on any atom is -0.491 e. The first-order valence-electron chi connectivity index (χ1n) is 6.77. The molecule has 2 aromatic rings. The maximum atomic E-state index is 9.81. The number of ether oxygens (including phenoxy) is 1. The quantitative estimate of drug-likeness (QED) is 0.701. The molecule has 2 rings (SSSR count). The van der Waals surface area contributed by atoms with Gasteiger partial charge in [-0.25, -0.2) is 0 Å². The number of benzene rings is 1. The number of aliphatic hydroxyl groups is 1. The van der Waals surface area contributed by atoms with Gasteiger partial charge in [-0.05, 0) is 30.3 Å². The van der Waals surface area contributed by atoms with Gasteiger partial charge in [-0.15, -0.1) is 0 Å². The summed E-state index contributed by atoms with van der Waals surface area (Å²) in [6, 6.07) is 10.7. The highest BCUT2D eigenvalue weighted by molar-refractivity contribution is 5.34. The van der Waals surface area contributed by atoms with Crippen LogP contribution in [-0.2, 0) is 6.54 Å². The largest absolute Gasteiger partial charge is 0.491 e. The Morgan fingerprint density at radius 1 is 1.38 bits per heavy atom. The van der Waals surface area contributed by atoms with E-state index >= 15 is 0 Å². The fourth-order valence-corrected chi connectivity index (χ4v) is 1.77. The fourth-order valence-electron chi connectivity index (χ4n) is 1.77. The lowest BCUT2D eigenvalue weighted by atomic mass is 10.2. The van der Waals surface area contributed by atoms with Crippen LogP contribution in [0.1, 0.15) is 5.56 Å². The molecule has 1 aromatic heterocycles. The molecule has 0 saturated carbocycles. The summed E-state index contributed by atoms with van der Waals surface area (Å²) >= 11 is 0. The molecular weight excluding hydrogens is 268 g/mol. The molecular formula is C15H18N4O2. The second kappa shape index (κ2) is 8.04.